The van der Waals surface area contributed by atoms with E-state index in [0.29, 0.717) is 0 Å². The zero-order chi connectivity index (χ0) is 31.9. The lowest BCUT2D eigenvalue weighted by molar-refractivity contribution is 0.414. The molecule has 0 aliphatic carbocycles. The van der Waals surface area contributed by atoms with E-state index in [-0.39, 0.29) is 21.8 Å². The molecule has 6 aromatic carbocycles. The molecule has 0 aromatic heterocycles. The van der Waals surface area contributed by atoms with Crippen LogP contribution in [0, 0.1) is 6.92 Å². The summed E-state index contributed by atoms with van der Waals surface area (Å²) in [6.07, 6.45) is 0. The summed E-state index contributed by atoms with van der Waals surface area (Å²) in [7, 11) is 4.63. The van der Waals surface area contributed by atoms with Crippen LogP contribution in [0.5, 0.6) is 17.2 Å². The van der Waals surface area contributed by atoms with Gasteiger partial charge in [0.25, 0.3) is 0 Å². The molecule has 3 nitrogen and oxygen atoms in total. The van der Waals surface area contributed by atoms with Gasteiger partial charge in [-0.05, 0) is 140 Å². The van der Waals surface area contributed by atoms with E-state index in [0.717, 1.165) is 17.2 Å². The Morgan fingerprint density at radius 2 is 0.587 bits per heavy atom. The zero-order valence-electron chi connectivity index (χ0n) is 26.3. The van der Waals surface area contributed by atoms with E-state index >= 15 is 0 Å². The Morgan fingerprint density at radius 1 is 0.348 bits per heavy atom. The van der Waals surface area contributed by atoms with Gasteiger partial charge in [0.05, 0.1) is 43.1 Å². The van der Waals surface area contributed by atoms with E-state index in [1.807, 2.05) is 36.4 Å². The van der Waals surface area contributed by atoms with Crippen LogP contribution < -0.4 is 14.2 Å². The molecule has 1 atom stereocenters. The summed E-state index contributed by atoms with van der Waals surface area (Å²) in [6.45, 7) is 2.13. The highest BCUT2D eigenvalue weighted by molar-refractivity contribution is 7.99. The molecule has 0 saturated heterocycles. The molecule has 0 N–H and O–H groups in total. The predicted octanol–water partition coefficient (Wildman–Crippen LogP) is 10.4. The second-order valence-corrected chi connectivity index (χ2v) is 15.7. The molecule has 0 bridgehead atoms. The van der Waals surface area contributed by atoms with Gasteiger partial charge in [0.1, 0.15) is 17.2 Å². The molecular weight excluding hydrogens is 625 g/mol. The Kier molecular flexibility index (Phi) is 10.3. The normalized spacial score (nSPS) is 11.7. The van der Waals surface area contributed by atoms with Crippen molar-refractivity contribution in [2.45, 2.75) is 46.1 Å². The Bertz CT molecular complexity index is 1790. The molecule has 1 unspecified atom stereocenters. The summed E-state index contributed by atoms with van der Waals surface area (Å²) >= 11 is 1.79. The fourth-order valence-electron chi connectivity index (χ4n) is 5.05. The van der Waals surface area contributed by atoms with Gasteiger partial charge in [-0.2, -0.15) is 0 Å². The van der Waals surface area contributed by atoms with Gasteiger partial charge in [-0.1, -0.05) is 29.5 Å². The van der Waals surface area contributed by atoms with Gasteiger partial charge in [-0.15, -0.1) is 0 Å². The van der Waals surface area contributed by atoms with Crippen LogP contribution in [0.2, 0.25) is 0 Å². The third-order valence-electron chi connectivity index (χ3n) is 7.50. The van der Waals surface area contributed by atoms with Gasteiger partial charge in [-0.25, -0.2) is 0 Å². The minimum absolute atomic E-state index is 0.217. The number of methoxy groups -OCH3 is 3. The molecule has 46 heavy (non-hydrogen) atoms. The zero-order valence-corrected chi connectivity index (χ0v) is 28.8. The smallest absolute Gasteiger partial charge is 0.166 e. The second-order valence-electron chi connectivity index (χ2n) is 10.5. The minimum atomic E-state index is -0.266. The maximum absolute atomic E-state index is 5.42. The molecule has 6 rings (SSSR count). The summed E-state index contributed by atoms with van der Waals surface area (Å²) < 4.78 is 16.3. The fourth-order valence-corrected chi connectivity index (χ4v) is 9.95. The molecule has 0 saturated carbocycles. The monoisotopic (exact) mass is 660 g/mol. The number of aryl methyl sites for hydroxylation is 1. The molecule has 0 aliphatic rings. The van der Waals surface area contributed by atoms with Crippen LogP contribution in [0.4, 0.5) is 0 Å². The Hall–Kier alpha value is -4.23. The van der Waals surface area contributed by atoms with Gasteiger partial charge in [0, 0.05) is 9.79 Å². The quantitative estimate of drug-likeness (QED) is 0.129. The Labute approximate surface area is 282 Å². The summed E-state index contributed by atoms with van der Waals surface area (Å²) in [5, 5.41) is 0. The van der Waals surface area contributed by atoms with Crippen LogP contribution >= 0.6 is 11.8 Å². The predicted molar refractivity (Wildman–Crippen MR) is 191 cm³/mol. The number of hydrogen-bond acceptors (Lipinski definition) is 4. The number of benzene rings is 6. The maximum atomic E-state index is 5.42. The first-order valence-electron chi connectivity index (χ1n) is 14.9. The molecule has 0 amide bonds. The lowest BCUT2D eigenvalue weighted by Gasteiger charge is -2.11. The third kappa shape index (κ3) is 7.42. The summed E-state index contributed by atoms with van der Waals surface area (Å²) in [5.74, 6) is 2.58. The van der Waals surface area contributed by atoms with Crippen molar-refractivity contribution in [2.75, 3.05) is 21.3 Å². The van der Waals surface area contributed by atoms with Crippen molar-refractivity contribution in [1.29, 1.82) is 0 Å². The van der Waals surface area contributed by atoms with Crippen molar-refractivity contribution in [1.82, 2.24) is 0 Å². The van der Waals surface area contributed by atoms with Gasteiger partial charge >= 0.3 is 0 Å². The van der Waals surface area contributed by atoms with Crippen LogP contribution in [-0.4, -0.2) is 21.3 Å². The SMILES string of the molecule is COc1ccc([S+](c2ccc(C)cc2)c2ccc(Sc3ccc([S+](c4ccc(OC)cc4)c4ccc(OC)cc4)cc3)cc2)cc1. The Morgan fingerprint density at radius 3 is 0.848 bits per heavy atom. The maximum Gasteiger partial charge on any atom is 0.166 e. The highest BCUT2D eigenvalue weighted by Crippen LogP contribution is 2.37. The number of ether oxygens (including phenoxy) is 3. The van der Waals surface area contributed by atoms with Crippen LogP contribution in [0.3, 0.4) is 0 Å². The summed E-state index contributed by atoms with van der Waals surface area (Å²) in [6, 6.07) is 52.1. The topological polar surface area (TPSA) is 27.7 Å². The minimum Gasteiger partial charge on any atom is -0.497 e. The first kappa shape index (κ1) is 31.7. The van der Waals surface area contributed by atoms with Crippen LogP contribution in [0.15, 0.2) is 185 Å². The molecule has 0 fully saturated rings. The molecule has 0 spiro atoms. The van der Waals surface area contributed by atoms with Crippen molar-refractivity contribution in [2.24, 2.45) is 0 Å². The average molecular weight is 661 g/mol. The van der Waals surface area contributed by atoms with E-state index in [1.54, 1.807) is 33.1 Å². The van der Waals surface area contributed by atoms with Gasteiger partial charge < -0.3 is 14.2 Å². The number of hydrogen-bond donors (Lipinski definition) is 0. The average Bonchev–Trinajstić information content (AvgIpc) is 3.11. The molecule has 0 heterocycles. The van der Waals surface area contributed by atoms with Crippen molar-refractivity contribution in [3.05, 3.63) is 151 Å². The fraction of sp³-hybridized carbons (Fsp3) is 0.100. The van der Waals surface area contributed by atoms with Gasteiger partial charge in [-0.3, -0.25) is 0 Å². The van der Waals surface area contributed by atoms with Crippen LogP contribution in [0.25, 0.3) is 0 Å². The van der Waals surface area contributed by atoms with Gasteiger partial charge in [0.2, 0.25) is 0 Å². The summed E-state index contributed by atoms with van der Waals surface area (Å²) in [4.78, 5) is 10.0. The number of rotatable bonds is 11. The van der Waals surface area contributed by atoms with Crippen molar-refractivity contribution >= 4 is 33.6 Å². The first-order valence-corrected chi connectivity index (χ1v) is 18.2. The van der Waals surface area contributed by atoms with Gasteiger partial charge in [0.15, 0.2) is 29.4 Å². The third-order valence-corrected chi connectivity index (χ3v) is 13.0. The highest BCUT2D eigenvalue weighted by Gasteiger charge is 2.30. The Balaban J connectivity index is 1.24. The standard InChI is InChI=1S/C40H36O3S3/c1-29-5-17-35(18-6-29)45(36-19-7-30(41-2)8-20-36)39-25-13-33(14-26-39)44-34-15-27-40(28-16-34)46(37-21-9-31(42-3)10-22-37)38-23-11-32(43-4)12-24-38/h5-28H,1-4H3/q+2. The second kappa shape index (κ2) is 14.9. The molecular formula is C40H36O3S3+2. The van der Waals surface area contributed by atoms with E-state index in [9.17, 15) is 0 Å². The molecule has 6 aromatic rings. The van der Waals surface area contributed by atoms with E-state index in [1.165, 1.54) is 44.7 Å². The van der Waals surface area contributed by atoms with Crippen LogP contribution in [-0.2, 0) is 21.8 Å². The molecule has 0 radical (unpaired) electrons. The highest BCUT2D eigenvalue weighted by atomic mass is 32.2. The van der Waals surface area contributed by atoms with Crippen molar-refractivity contribution < 1.29 is 14.2 Å². The van der Waals surface area contributed by atoms with E-state index in [2.05, 4.69) is 116 Å². The van der Waals surface area contributed by atoms with E-state index < -0.39 is 0 Å². The molecule has 0 aliphatic heterocycles. The summed E-state index contributed by atoms with van der Waals surface area (Å²) in [5.41, 5.74) is 1.26. The lowest BCUT2D eigenvalue weighted by atomic mass is 10.2. The van der Waals surface area contributed by atoms with Crippen LogP contribution in [0.1, 0.15) is 5.56 Å². The molecule has 6 heteroatoms. The van der Waals surface area contributed by atoms with E-state index in [4.69, 9.17) is 14.2 Å². The largest absolute Gasteiger partial charge is 0.497 e. The first-order chi connectivity index (χ1) is 22.5. The van der Waals surface area contributed by atoms with Crippen molar-refractivity contribution in [3.8, 4) is 17.2 Å². The van der Waals surface area contributed by atoms with Crippen molar-refractivity contribution in [3.63, 3.8) is 0 Å². The lowest BCUT2D eigenvalue weighted by Crippen LogP contribution is -2.05. The molecule has 230 valence electrons.